The molecule has 106 valence electrons. The highest BCUT2D eigenvalue weighted by Crippen LogP contribution is 2.23. The summed E-state index contributed by atoms with van der Waals surface area (Å²) in [7, 11) is 0. The highest BCUT2D eigenvalue weighted by atomic mass is 79.9. The number of hydrogen-bond donors (Lipinski definition) is 1. The van der Waals surface area contributed by atoms with Crippen LogP contribution in [0.3, 0.4) is 0 Å². The van der Waals surface area contributed by atoms with E-state index in [1.165, 1.54) is 18.4 Å². The van der Waals surface area contributed by atoms with Gasteiger partial charge in [-0.2, -0.15) is 0 Å². The van der Waals surface area contributed by atoms with Gasteiger partial charge in [-0.25, -0.2) is 0 Å². The lowest BCUT2D eigenvalue weighted by Gasteiger charge is -2.18. The third kappa shape index (κ3) is 2.79. The van der Waals surface area contributed by atoms with E-state index in [2.05, 4.69) is 61.1 Å². The fourth-order valence-corrected chi connectivity index (χ4v) is 3.31. The number of aryl methyl sites for hydroxylation is 1. The maximum atomic E-state index is 4.32. The molecule has 3 rings (SSSR count). The van der Waals surface area contributed by atoms with Crippen LogP contribution < -0.4 is 5.32 Å². The van der Waals surface area contributed by atoms with Gasteiger partial charge in [0.05, 0.1) is 6.54 Å². The third-order valence-electron chi connectivity index (χ3n) is 3.87. The molecule has 2 heterocycles. The average molecular weight is 335 g/mol. The SMILES string of the molecule is C[C@H](NCc1nnc2n1CCCC2)c1ccccc1Br. The van der Waals surface area contributed by atoms with E-state index in [1.54, 1.807) is 0 Å². The first-order chi connectivity index (χ1) is 9.75. The second-order valence-electron chi connectivity index (χ2n) is 5.27. The molecular formula is C15H19BrN4. The molecule has 1 atom stereocenters. The van der Waals surface area contributed by atoms with Gasteiger partial charge in [0.25, 0.3) is 0 Å². The molecule has 1 aliphatic rings. The number of benzene rings is 1. The normalized spacial score (nSPS) is 15.9. The van der Waals surface area contributed by atoms with Crippen molar-refractivity contribution in [1.82, 2.24) is 20.1 Å². The Morgan fingerprint density at radius 2 is 2.15 bits per heavy atom. The lowest BCUT2D eigenvalue weighted by Crippen LogP contribution is -2.22. The fourth-order valence-electron chi connectivity index (χ4n) is 2.68. The van der Waals surface area contributed by atoms with E-state index < -0.39 is 0 Å². The van der Waals surface area contributed by atoms with Crippen LogP contribution >= 0.6 is 15.9 Å². The molecule has 0 fully saturated rings. The van der Waals surface area contributed by atoms with Crippen molar-refractivity contribution in [3.05, 3.63) is 46.0 Å². The Bertz CT molecular complexity index is 593. The quantitative estimate of drug-likeness (QED) is 0.933. The van der Waals surface area contributed by atoms with Gasteiger partial charge in [-0.15, -0.1) is 10.2 Å². The second-order valence-corrected chi connectivity index (χ2v) is 6.12. The second kappa shape index (κ2) is 6.06. The summed E-state index contributed by atoms with van der Waals surface area (Å²) in [4.78, 5) is 0. The Balaban J connectivity index is 1.68. The smallest absolute Gasteiger partial charge is 0.147 e. The molecule has 0 saturated carbocycles. The number of rotatable bonds is 4. The first-order valence-electron chi connectivity index (χ1n) is 7.14. The van der Waals surface area contributed by atoms with Gasteiger partial charge in [0.2, 0.25) is 0 Å². The van der Waals surface area contributed by atoms with Gasteiger partial charge in [-0.1, -0.05) is 34.1 Å². The summed E-state index contributed by atoms with van der Waals surface area (Å²) < 4.78 is 3.41. The van der Waals surface area contributed by atoms with Crippen molar-refractivity contribution in [2.75, 3.05) is 0 Å². The number of nitrogens with one attached hydrogen (secondary N) is 1. The van der Waals surface area contributed by atoms with Gasteiger partial charge >= 0.3 is 0 Å². The monoisotopic (exact) mass is 334 g/mol. The molecule has 1 N–H and O–H groups in total. The minimum atomic E-state index is 0.280. The van der Waals surface area contributed by atoms with Gasteiger partial charge in [0.15, 0.2) is 0 Å². The van der Waals surface area contributed by atoms with E-state index in [9.17, 15) is 0 Å². The van der Waals surface area contributed by atoms with E-state index in [4.69, 9.17) is 0 Å². The number of hydrogen-bond acceptors (Lipinski definition) is 3. The highest BCUT2D eigenvalue weighted by Gasteiger charge is 2.16. The van der Waals surface area contributed by atoms with Crippen LogP contribution in [-0.2, 0) is 19.5 Å². The Morgan fingerprint density at radius 1 is 1.30 bits per heavy atom. The Labute approximate surface area is 127 Å². The van der Waals surface area contributed by atoms with Crippen LogP contribution in [0.4, 0.5) is 0 Å². The summed E-state index contributed by atoms with van der Waals surface area (Å²) in [5.41, 5.74) is 1.27. The molecule has 5 heteroatoms. The summed E-state index contributed by atoms with van der Waals surface area (Å²) in [6.07, 6.45) is 3.53. The molecule has 0 amide bonds. The fraction of sp³-hybridized carbons (Fsp3) is 0.467. The summed E-state index contributed by atoms with van der Waals surface area (Å²) in [5.74, 6) is 2.19. The van der Waals surface area contributed by atoms with Crippen LogP contribution in [0.2, 0.25) is 0 Å². The molecule has 0 radical (unpaired) electrons. The summed E-state index contributed by atoms with van der Waals surface area (Å²) in [6.45, 7) is 3.99. The molecule has 1 aromatic carbocycles. The van der Waals surface area contributed by atoms with E-state index in [-0.39, 0.29) is 6.04 Å². The van der Waals surface area contributed by atoms with Crippen molar-refractivity contribution in [3.8, 4) is 0 Å². The lowest BCUT2D eigenvalue weighted by molar-refractivity contribution is 0.483. The number of nitrogens with zero attached hydrogens (tertiary/aromatic N) is 3. The molecule has 1 aliphatic heterocycles. The molecule has 0 spiro atoms. The van der Waals surface area contributed by atoms with Crippen molar-refractivity contribution in [2.24, 2.45) is 0 Å². The van der Waals surface area contributed by atoms with Gasteiger partial charge in [-0.05, 0) is 31.4 Å². The summed E-state index contributed by atoms with van der Waals surface area (Å²) in [6, 6.07) is 8.60. The topological polar surface area (TPSA) is 42.7 Å². The predicted octanol–water partition coefficient (Wildman–Crippen LogP) is 3.23. The summed E-state index contributed by atoms with van der Waals surface area (Å²) >= 11 is 3.60. The molecular weight excluding hydrogens is 316 g/mol. The van der Waals surface area contributed by atoms with Crippen LogP contribution in [0.15, 0.2) is 28.7 Å². The molecule has 20 heavy (non-hydrogen) atoms. The van der Waals surface area contributed by atoms with Crippen molar-refractivity contribution >= 4 is 15.9 Å². The molecule has 2 aromatic rings. The Kier molecular flexibility index (Phi) is 4.17. The van der Waals surface area contributed by atoms with Crippen LogP contribution in [0.1, 0.15) is 43.0 Å². The van der Waals surface area contributed by atoms with Gasteiger partial charge in [-0.3, -0.25) is 0 Å². The van der Waals surface area contributed by atoms with Crippen LogP contribution in [-0.4, -0.2) is 14.8 Å². The first-order valence-corrected chi connectivity index (χ1v) is 7.94. The van der Waals surface area contributed by atoms with Crippen LogP contribution in [0.25, 0.3) is 0 Å². The average Bonchev–Trinajstić information content (AvgIpc) is 2.88. The minimum absolute atomic E-state index is 0.280. The van der Waals surface area contributed by atoms with E-state index in [1.807, 2.05) is 6.07 Å². The van der Waals surface area contributed by atoms with Crippen molar-refractivity contribution < 1.29 is 0 Å². The molecule has 0 saturated heterocycles. The van der Waals surface area contributed by atoms with Crippen molar-refractivity contribution in [2.45, 2.75) is 45.3 Å². The van der Waals surface area contributed by atoms with Crippen LogP contribution in [0, 0.1) is 0 Å². The number of aromatic nitrogens is 3. The van der Waals surface area contributed by atoms with E-state index >= 15 is 0 Å². The molecule has 0 unspecified atom stereocenters. The summed E-state index contributed by atoms with van der Waals surface area (Å²) in [5, 5.41) is 12.2. The number of fused-ring (bicyclic) bond motifs is 1. The van der Waals surface area contributed by atoms with Crippen molar-refractivity contribution in [1.29, 1.82) is 0 Å². The number of halogens is 1. The first kappa shape index (κ1) is 13.8. The zero-order chi connectivity index (χ0) is 13.9. The van der Waals surface area contributed by atoms with E-state index in [0.29, 0.717) is 0 Å². The largest absolute Gasteiger partial charge is 0.314 e. The molecule has 4 nitrogen and oxygen atoms in total. The Hall–Kier alpha value is -1.20. The van der Waals surface area contributed by atoms with Crippen molar-refractivity contribution in [3.63, 3.8) is 0 Å². The minimum Gasteiger partial charge on any atom is -0.314 e. The lowest BCUT2D eigenvalue weighted by atomic mass is 10.1. The van der Waals surface area contributed by atoms with Gasteiger partial charge < -0.3 is 9.88 Å². The molecule has 0 aliphatic carbocycles. The standard InChI is InChI=1S/C15H19BrN4/c1-11(12-6-2-3-7-13(12)16)17-10-15-19-18-14-8-4-5-9-20(14)15/h2-3,6-7,11,17H,4-5,8-10H2,1H3/t11-/m0/s1. The molecule has 0 bridgehead atoms. The highest BCUT2D eigenvalue weighted by molar-refractivity contribution is 9.10. The molecule has 1 aromatic heterocycles. The predicted molar refractivity (Wildman–Crippen MR) is 82.4 cm³/mol. The zero-order valence-corrected chi connectivity index (χ0v) is 13.2. The maximum absolute atomic E-state index is 4.32. The van der Waals surface area contributed by atoms with Gasteiger partial charge in [0, 0.05) is 23.5 Å². The van der Waals surface area contributed by atoms with E-state index in [0.717, 1.165) is 35.6 Å². The maximum Gasteiger partial charge on any atom is 0.147 e. The third-order valence-corrected chi connectivity index (χ3v) is 4.60. The van der Waals surface area contributed by atoms with Crippen LogP contribution in [0.5, 0.6) is 0 Å². The Morgan fingerprint density at radius 3 is 3.00 bits per heavy atom. The zero-order valence-electron chi connectivity index (χ0n) is 11.6. The van der Waals surface area contributed by atoms with Gasteiger partial charge in [0.1, 0.15) is 11.6 Å².